The molecule has 24 heavy (non-hydrogen) atoms. The molecule has 0 bridgehead atoms. The van der Waals surface area contributed by atoms with Gasteiger partial charge in [-0.1, -0.05) is 36.9 Å². The molecule has 0 aliphatic heterocycles. The van der Waals surface area contributed by atoms with E-state index in [1.54, 1.807) is 26.2 Å². The van der Waals surface area contributed by atoms with Crippen LogP contribution in [0.3, 0.4) is 0 Å². The van der Waals surface area contributed by atoms with Crippen molar-refractivity contribution in [3.8, 4) is 0 Å². The largest absolute Gasteiger partial charge is 0.461 e. The second kappa shape index (κ2) is 6.20. The molecule has 5 heteroatoms. The molecule has 0 saturated heterocycles. The number of aromatic nitrogens is 2. The molecule has 3 aromatic rings. The molecule has 0 saturated carbocycles. The van der Waals surface area contributed by atoms with Gasteiger partial charge in [0.25, 0.3) is 5.56 Å². The number of benzene rings is 1. The zero-order valence-electron chi connectivity index (χ0n) is 13.6. The van der Waals surface area contributed by atoms with Crippen molar-refractivity contribution in [1.29, 1.82) is 0 Å². The van der Waals surface area contributed by atoms with Crippen molar-refractivity contribution in [2.24, 2.45) is 7.05 Å². The van der Waals surface area contributed by atoms with Gasteiger partial charge in [0.15, 0.2) is 0 Å². The molecule has 0 unspecified atom stereocenters. The van der Waals surface area contributed by atoms with E-state index in [0.29, 0.717) is 10.9 Å². The van der Waals surface area contributed by atoms with E-state index < -0.39 is 5.97 Å². The zero-order chi connectivity index (χ0) is 17.3. The van der Waals surface area contributed by atoms with E-state index in [1.165, 1.54) is 4.57 Å². The lowest BCUT2D eigenvalue weighted by molar-refractivity contribution is 0.0520. The van der Waals surface area contributed by atoms with Gasteiger partial charge < -0.3 is 14.3 Å². The number of hydrogen-bond acceptors (Lipinski definition) is 3. The summed E-state index contributed by atoms with van der Waals surface area (Å²) < 4.78 is 6.49. The van der Waals surface area contributed by atoms with Crippen molar-refractivity contribution in [3.05, 3.63) is 76.3 Å². The quantitative estimate of drug-likeness (QED) is 0.751. The van der Waals surface area contributed by atoms with Crippen molar-refractivity contribution in [1.82, 2.24) is 9.55 Å². The first-order chi connectivity index (χ1) is 11.5. The Morgan fingerprint density at radius 2 is 2.00 bits per heavy atom. The highest BCUT2D eigenvalue weighted by Crippen LogP contribution is 2.27. The van der Waals surface area contributed by atoms with Crippen LogP contribution in [0.5, 0.6) is 0 Å². The highest BCUT2D eigenvalue weighted by atomic mass is 16.5. The number of aromatic amines is 1. The van der Waals surface area contributed by atoms with Gasteiger partial charge in [-0.2, -0.15) is 0 Å². The number of ether oxygens (including phenoxy) is 1. The number of esters is 1. The molecule has 1 N–H and O–H groups in total. The van der Waals surface area contributed by atoms with Crippen molar-refractivity contribution in [2.45, 2.75) is 6.92 Å². The number of carbonyl (C=O) groups is 1. The number of rotatable bonds is 4. The van der Waals surface area contributed by atoms with Gasteiger partial charge in [-0.05, 0) is 24.1 Å². The Labute approximate surface area is 139 Å². The Balaban J connectivity index is 2.21. The van der Waals surface area contributed by atoms with Crippen LogP contribution in [-0.2, 0) is 11.8 Å². The van der Waals surface area contributed by atoms with Gasteiger partial charge >= 0.3 is 5.97 Å². The molecule has 3 rings (SSSR count). The smallest absolute Gasteiger partial charge is 0.354 e. The Hall–Kier alpha value is -3.08. The molecule has 122 valence electrons. The molecule has 0 amide bonds. The van der Waals surface area contributed by atoms with E-state index in [-0.39, 0.29) is 17.9 Å². The highest BCUT2D eigenvalue weighted by molar-refractivity contribution is 6.00. The first-order valence-electron chi connectivity index (χ1n) is 7.67. The fourth-order valence-electron chi connectivity index (χ4n) is 2.69. The van der Waals surface area contributed by atoms with Crippen LogP contribution >= 0.6 is 0 Å². The average Bonchev–Trinajstić information content (AvgIpc) is 3.04. The van der Waals surface area contributed by atoms with E-state index in [4.69, 9.17) is 4.74 Å². The van der Waals surface area contributed by atoms with Crippen molar-refractivity contribution >= 4 is 22.4 Å². The maximum Gasteiger partial charge on any atom is 0.354 e. The van der Waals surface area contributed by atoms with Crippen molar-refractivity contribution in [2.75, 3.05) is 6.61 Å². The lowest BCUT2D eigenvalue weighted by atomic mass is 9.98. The second-order valence-electron chi connectivity index (χ2n) is 5.50. The third-order valence-corrected chi connectivity index (χ3v) is 3.91. The summed E-state index contributed by atoms with van der Waals surface area (Å²) in [7, 11) is 1.68. The predicted octanol–water partition coefficient (Wildman–Crippen LogP) is 3.10. The predicted molar refractivity (Wildman–Crippen MR) is 94.1 cm³/mol. The van der Waals surface area contributed by atoms with E-state index in [1.807, 2.05) is 30.3 Å². The zero-order valence-corrected chi connectivity index (χ0v) is 13.6. The molecule has 0 aliphatic rings. The summed E-state index contributed by atoms with van der Waals surface area (Å²) in [4.78, 5) is 27.2. The number of carbonyl (C=O) groups excluding carboxylic acids is 1. The molecule has 1 aromatic carbocycles. The number of aryl methyl sites for hydroxylation is 1. The summed E-state index contributed by atoms with van der Waals surface area (Å²) in [6, 6.07) is 11.4. The molecular weight excluding hydrogens is 304 g/mol. The number of hydrogen-bond donors (Lipinski definition) is 1. The minimum absolute atomic E-state index is 0.204. The third kappa shape index (κ3) is 2.65. The first kappa shape index (κ1) is 15.8. The second-order valence-corrected chi connectivity index (χ2v) is 5.50. The van der Waals surface area contributed by atoms with E-state index in [0.717, 1.165) is 16.7 Å². The fourth-order valence-corrected chi connectivity index (χ4v) is 2.69. The lowest BCUT2D eigenvalue weighted by Crippen LogP contribution is -2.17. The summed E-state index contributed by atoms with van der Waals surface area (Å²) >= 11 is 0. The van der Waals surface area contributed by atoms with E-state index in [9.17, 15) is 9.59 Å². The summed E-state index contributed by atoms with van der Waals surface area (Å²) in [5, 5.41) is 0.662. The monoisotopic (exact) mass is 322 g/mol. The maximum atomic E-state index is 12.4. The molecule has 2 heterocycles. The Morgan fingerprint density at radius 1 is 1.29 bits per heavy atom. The van der Waals surface area contributed by atoms with Crippen LogP contribution in [0.4, 0.5) is 0 Å². The standard InChI is InChI=1S/C19H18N2O3/c1-4-24-19(23)16-10-14-15(11-21(3)18(22)17(14)20-16)12(2)13-8-6-5-7-9-13/h5-11,20H,2,4H2,1,3H3. The molecule has 0 fully saturated rings. The van der Waals surface area contributed by atoms with Crippen molar-refractivity contribution in [3.63, 3.8) is 0 Å². The Bertz CT molecular complexity index is 981. The number of pyridine rings is 1. The molecule has 0 aliphatic carbocycles. The summed E-state index contributed by atoms with van der Waals surface area (Å²) in [6.07, 6.45) is 1.74. The fraction of sp³-hybridized carbons (Fsp3) is 0.158. The van der Waals surface area contributed by atoms with Crippen LogP contribution in [0.15, 0.2) is 54.0 Å². The van der Waals surface area contributed by atoms with E-state index >= 15 is 0 Å². The average molecular weight is 322 g/mol. The van der Waals surface area contributed by atoms with Crippen LogP contribution in [0.25, 0.3) is 16.5 Å². The lowest BCUT2D eigenvalue weighted by Gasteiger charge is -2.09. The third-order valence-electron chi connectivity index (χ3n) is 3.91. The van der Waals surface area contributed by atoms with Crippen LogP contribution in [0, 0.1) is 0 Å². The topological polar surface area (TPSA) is 64.1 Å². The molecule has 5 nitrogen and oxygen atoms in total. The number of H-pyrrole nitrogens is 1. The van der Waals surface area contributed by atoms with Gasteiger partial charge in [0.05, 0.1) is 6.61 Å². The summed E-state index contributed by atoms with van der Waals surface area (Å²) in [5.41, 5.74) is 2.96. The van der Waals surface area contributed by atoms with Gasteiger partial charge in [-0.25, -0.2) is 4.79 Å². The van der Waals surface area contributed by atoms with Gasteiger partial charge in [0.2, 0.25) is 0 Å². The van der Waals surface area contributed by atoms with Crippen LogP contribution in [-0.4, -0.2) is 22.1 Å². The molecule has 2 aromatic heterocycles. The minimum Gasteiger partial charge on any atom is -0.461 e. The normalized spacial score (nSPS) is 10.8. The maximum absolute atomic E-state index is 12.4. The van der Waals surface area contributed by atoms with Crippen molar-refractivity contribution < 1.29 is 9.53 Å². The van der Waals surface area contributed by atoms with E-state index in [2.05, 4.69) is 11.6 Å². The van der Waals surface area contributed by atoms with Crippen LogP contribution < -0.4 is 5.56 Å². The first-order valence-corrected chi connectivity index (χ1v) is 7.67. The number of nitrogens with zero attached hydrogens (tertiary/aromatic N) is 1. The molecule has 0 radical (unpaired) electrons. The van der Waals surface area contributed by atoms with Gasteiger partial charge in [-0.15, -0.1) is 0 Å². The van der Waals surface area contributed by atoms with Gasteiger partial charge in [-0.3, -0.25) is 4.79 Å². The SMILES string of the molecule is C=C(c1ccccc1)c1cn(C)c(=O)c2[nH]c(C(=O)OCC)cc12. The number of nitrogens with one attached hydrogen (secondary N) is 1. The summed E-state index contributed by atoms with van der Waals surface area (Å²) in [6.45, 7) is 6.17. The van der Waals surface area contributed by atoms with Crippen LogP contribution in [0.1, 0.15) is 28.5 Å². The van der Waals surface area contributed by atoms with Gasteiger partial charge in [0.1, 0.15) is 11.2 Å². The molecular formula is C19H18N2O3. The minimum atomic E-state index is -0.480. The Kier molecular flexibility index (Phi) is 4.08. The molecule has 0 spiro atoms. The highest BCUT2D eigenvalue weighted by Gasteiger charge is 2.17. The summed E-state index contributed by atoms with van der Waals surface area (Å²) in [5.74, 6) is -0.480. The van der Waals surface area contributed by atoms with Gasteiger partial charge in [0, 0.05) is 24.2 Å². The molecule has 0 atom stereocenters. The Morgan fingerprint density at radius 3 is 2.67 bits per heavy atom. The number of fused-ring (bicyclic) bond motifs is 1. The van der Waals surface area contributed by atoms with Crippen LogP contribution in [0.2, 0.25) is 0 Å².